The number of anilines is 1. The third-order valence-corrected chi connectivity index (χ3v) is 7.05. The van der Waals surface area contributed by atoms with Gasteiger partial charge in [0.2, 0.25) is 11.3 Å². The minimum atomic E-state index is -1.17. The molecule has 33 heavy (non-hydrogen) atoms. The van der Waals surface area contributed by atoms with E-state index in [9.17, 15) is 14.7 Å². The molecule has 2 aliphatic rings. The van der Waals surface area contributed by atoms with Crippen LogP contribution in [0.5, 0.6) is 0 Å². The van der Waals surface area contributed by atoms with Gasteiger partial charge < -0.3 is 19.0 Å². The van der Waals surface area contributed by atoms with Gasteiger partial charge in [-0.25, -0.2) is 9.78 Å². The van der Waals surface area contributed by atoms with E-state index >= 15 is 0 Å². The van der Waals surface area contributed by atoms with E-state index in [1.807, 2.05) is 24.5 Å². The molecule has 1 aliphatic carbocycles. The van der Waals surface area contributed by atoms with Crippen molar-refractivity contribution in [1.82, 2.24) is 14.5 Å². The summed E-state index contributed by atoms with van der Waals surface area (Å²) in [7, 11) is 4.12. The van der Waals surface area contributed by atoms with Crippen LogP contribution >= 0.6 is 0 Å². The van der Waals surface area contributed by atoms with E-state index in [1.54, 1.807) is 18.5 Å². The lowest BCUT2D eigenvalue weighted by Crippen LogP contribution is -2.30. The van der Waals surface area contributed by atoms with E-state index in [2.05, 4.69) is 28.9 Å². The van der Waals surface area contributed by atoms with Crippen molar-refractivity contribution in [2.24, 2.45) is 5.92 Å². The number of hydrogen-bond donors (Lipinski definition) is 1. The van der Waals surface area contributed by atoms with Gasteiger partial charge in [-0.05, 0) is 64.9 Å². The highest BCUT2D eigenvalue weighted by Gasteiger charge is 2.36. The maximum absolute atomic E-state index is 12.9. The first-order chi connectivity index (χ1) is 15.8. The van der Waals surface area contributed by atoms with Crippen LogP contribution in [0, 0.1) is 19.8 Å². The molecule has 2 aromatic heterocycles. The predicted molar refractivity (Wildman–Crippen MR) is 126 cm³/mol. The van der Waals surface area contributed by atoms with E-state index in [-0.39, 0.29) is 17.6 Å². The van der Waals surface area contributed by atoms with Crippen LogP contribution in [0.3, 0.4) is 0 Å². The zero-order valence-corrected chi connectivity index (χ0v) is 19.5. The third kappa shape index (κ3) is 3.72. The van der Waals surface area contributed by atoms with Gasteiger partial charge >= 0.3 is 5.97 Å². The van der Waals surface area contributed by atoms with Gasteiger partial charge in [0, 0.05) is 42.3 Å². The van der Waals surface area contributed by atoms with Gasteiger partial charge in [0.1, 0.15) is 11.3 Å². The Hall–Kier alpha value is -3.13. The van der Waals surface area contributed by atoms with Crippen LogP contribution in [0.15, 0.2) is 33.7 Å². The molecular weight excluding hydrogens is 420 g/mol. The summed E-state index contributed by atoms with van der Waals surface area (Å²) in [5.74, 6) is 0.754. The predicted octanol–water partition coefficient (Wildman–Crippen LogP) is 3.77. The largest absolute Gasteiger partial charge is 0.477 e. The number of benzene rings is 1. The van der Waals surface area contributed by atoms with Crippen molar-refractivity contribution in [2.45, 2.75) is 45.2 Å². The average molecular weight is 451 g/mol. The molecule has 0 spiro atoms. The maximum Gasteiger partial charge on any atom is 0.341 e. The Labute approximate surface area is 192 Å². The van der Waals surface area contributed by atoms with Crippen molar-refractivity contribution in [3.8, 4) is 0 Å². The van der Waals surface area contributed by atoms with E-state index in [0.29, 0.717) is 11.3 Å². The fourth-order valence-corrected chi connectivity index (χ4v) is 5.37. The van der Waals surface area contributed by atoms with E-state index < -0.39 is 11.4 Å². The molecule has 1 aliphatic heterocycles. The number of aromatic carboxylic acids is 1. The molecule has 0 amide bonds. The summed E-state index contributed by atoms with van der Waals surface area (Å²) in [6.07, 6.45) is 6.34. The van der Waals surface area contributed by atoms with Gasteiger partial charge in [-0.3, -0.25) is 9.69 Å². The molecular formula is C25H30N4O4. The number of fused-ring (bicyclic) bond motifs is 1. The Kier molecular flexibility index (Phi) is 5.28. The molecule has 2 fully saturated rings. The summed E-state index contributed by atoms with van der Waals surface area (Å²) in [6, 6.07) is 4.13. The van der Waals surface area contributed by atoms with Gasteiger partial charge in [0.25, 0.3) is 0 Å². The van der Waals surface area contributed by atoms with Crippen molar-refractivity contribution < 1.29 is 14.3 Å². The van der Waals surface area contributed by atoms with Crippen LogP contribution in [-0.4, -0.2) is 52.7 Å². The molecule has 2 atom stereocenters. The minimum Gasteiger partial charge on any atom is -0.477 e. The highest BCUT2D eigenvalue weighted by molar-refractivity contribution is 5.95. The van der Waals surface area contributed by atoms with Crippen LogP contribution in [0.2, 0.25) is 0 Å². The number of carboxylic acids is 1. The van der Waals surface area contributed by atoms with Crippen molar-refractivity contribution in [1.29, 1.82) is 0 Å². The maximum atomic E-state index is 12.9. The van der Waals surface area contributed by atoms with Crippen LogP contribution in [0.1, 0.15) is 58.9 Å². The topological polar surface area (TPSA) is 91.8 Å². The Morgan fingerprint density at radius 2 is 2.00 bits per heavy atom. The highest BCUT2D eigenvalue weighted by atomic mass is 16.4. The summed E-state index contributed by atoms with van der Waals surface area (Å²) in [5, 5.41) is 10.0. The molecule has 2 unspecified atom stereocenters. The second-order valence-corrected chi connectivity index (χ2v) is 9.63. The Bertz CT molecular complexity index is 1290. The Morgan fingerprint density at radius 3 is 2.61 bits per heavy atom. The summed E-state index contributed by atoms with van der Waals surface area (Å²) in [6.45, 7) is 5.72. The Balaban J connectivity index is 1.53. The fraction of sp³-hybridized carbons (Fsp3) is 0.480. The lowest BCUT2D eigenvalue weighted by molar-refractivity contribution is 0.0695. The average Bonchev–Trinajstić information content (AvgIpc) is 3.35. The first kappa shape index (κ1) is 21.7. The summed E-state index contributed by atoms with van der Waals surface area (Å²) in [5.41, 5.74) is 2.43. The molecule has 174 valence electrons. The normalized spacial score (nSPS) is 19.5. The van der Waals surface area contributed by atoms with E-state index in [1.165, 1.54) is 0 Å². The number of carbonyl (C=O) groups is 1. The summed E-state index contributed by atoms with van der Waals surface area (Å²) >= 11 is 0. The van der Waals surface area contributed by atoms with Gasteiger partial charge in [-0.2, -0.15) is 0 Å². The number of pyridine rings is 1. The monoisotopic (exact) mass is 450 g/mol. The number of aryl methyl sites for hydroxylation is 2. The van der Waals surface area contributed by atoms with Gasteiger partial charge in [-0.15, -0.1) is 0 Å². The smallest absolute Gasteiger partial charge is 0.341 e. The lowest BCUT2D eigenvalue weighted by Gasteiger charge is -2.28. The number of oxazole rings is 1. The molecule has 0 radical (unpaired) electrons. The summed E-state index contributed by atoms with van der Waals surface area (Å²) in [4.78, 5) is 33.6. The molecule has 8 heteroatoms. The zero-order valence-electron chi connectivity index (χ0n) is 19.5. The molecule has 8 nitrogen and oxygen atoms in total. The molecule has 1 N–H and O–H groups in total. The van der Waals surface area contributed by atoms with Gasteiger partial charge in [0.15, 0.2) is 0 Å². The van der Waals surface area contributed by atoms with Crippen molar-refractivity contribution in [2.75, 3.05) is 32.1 Å². The number of carboxylic acid groups (broad SMARTS) is 1. The molecule has 0 bridgehead atoms. The van der Waals surface area contributed by atoms with Crippen LogP contribution in [0.4, 0.5) is 5.69 Å². The molecule has 1 saturated heterocycles. The molecule has 3 aromatic rings. The molecule has 3 heterocycles. The van der Waals surface area contributed by atoms with Crippen molar-refractivity contribution >= 4 is 22.6 Å². The SMILES string of the molecule is Cc1cnc(C(C2CCN(c3ccc4c(=O)c(C(=O)O)cn(C5CC5)c4c3C)C2)N(C)C)o1. The standard InChI is InChI=1S/C25H30N4O4/c1-14-11-26-24(33-14)22(27(3)4)16-9-10-28(12-16)20-8-7-18-21(15(20)2)29(17-5-6-17)13-19(23(18)30)25(31)32/h7-8,11,13,16-17,22H,5-6,9-10,12H2,1-4H3,(H,31,32). The van der Waals surface area contributed by atoms with Gasteiger partial charge in [0.05, 0.1) is 17.8 Å². The Morgan fingerprint density at radius 1 is 1.24 bits per heavy atom. The molecule has 1 saturated carbocycles. The first-order valence-electron chi connectivity index (χ1n) is 11.5. The number of nitrogens with zero attached hydrogens (tertiary/aromatic N) is 4. The minimum absolute atomic E-state index is 0.0900. The van der Waals surface area contributed by atoms with Crippen LogP contribution in [-0.2, 0) is 0 Å². The van der Waals surface area contributed by atoms with Gasteiger partial charge in [-0.1, -0.05) is 0 Å². The van der Waals surface area contributed by atoms with E-state index in [4.69, 9.17) is 4.42 Å². The summed E-state index contributed by atoms with van der Waals surface area (Å²) < 4.78 is 7.90. The molecule has 1 aromatic carbocycles. The third-order valence-electron chi connectivity index (χ3n) is 7.05. The van der Waals surface area contributed by atoms with Crippen molar-refractivity contribution in [3.05, 3.63) is 57.5 Å². The number of aromatic nitrogens is 2. The second kappa shape index (κ2) is 8.02. The van der Waals surface area contributed by atoms with Crippen LogP contribution in [0.25, 0.3) is 10.9 Å². The number of hydrogen-bond acceptors (Lipinski definition) is 6. The molecule has 5 rings (SSSR count). The quantitative estimate of drug-likeness (QED) is 0.611. The second-order valence-electron chi connectivity index (χ2n) is 9.63. The first-order valence-corrected chi connectivity index (χ1v) is 11.5. The van der Waals surface area contributed by atoms with E-state index in [0.717, 1.165) is 60.8 Å². The highest BCUT2D eigenvalue weighted by Crippen LogP contribution is 2.41. The van der Waals surface area contributed by atoms with Crippen molar-refractivity contribution in [3.63, 3.8) is 0 Å². The van der Waals surface area contributed by atoms with Crippen LogP contribution < -0.4 is 10.3 Å². The number of rotatable bonds is 6. The zero-order chi connectivity index (χ0) is 23.4. The fourth-order valence-electron chi connectivity index (χ4n) is 5.37. The lowest BCUT2D eigenvalue weighted by atomic mass is 9.98.